The number of benzene rings is 2. The summed E-state index contributed by atoms with van der Waals surface area (Å²) >= 11 is 0. The summed E-state index contributed by atoms with van der Waals surface area (Å²) in [5.41, 5.74) is 3.25. The number of hydrogen-bond donors (Lipinski definition) is 1. The third-order valence-corrected chi connectivity index (χ3v) is 3.83. The van der Waals surface area contributed by atoms with Crippen LogP contribution in [-0.4, -0.2) is 6.04 Å². The van der Waals surface area contributed by atoms with Gasteiger partial charge < -0.3 is 10.1 Å². The first-order valence-corrected chi connectivity index (χ1v) is 7.41. The molecule has 3 heteroatoms. The van der Waals surface area contributed by atoms with Gasteiger partial charge in [-0.15, -0.1) is 0 Å². The predicted molar refractivity (Wildman–Crippen MR) is 81.8 cm³/mol. The molecule has 0 radical (unpaired) electrons. The van der Waals surface area contributed by atoms with Gasteiger partial charge in [-0.1, -0.05) is 24.3 Å². The quantitative estimate of drug-likeness (QED) is 0.867. The molecule has 21 heavy (non-hydrogen) atoms. The van der Waals surface area contributed by atoms with Crippen molar-refractivity contribution >= 4 is 0 Å². The molecule has 1 aliphatic carbocycles. The Morgan fingerprint density at radius 3 is 2.71 bits per heavy atom. The van der Waals surface area contributed by atoms with E-state index in [4.69, 9.17) is 4.74 Å². The molecule has 0 aliphatic heterocycles. The van der Waals surface area contributed by atoms with E-state index in [-0.39, 0.29) is 5.82 Å². The van der Waals surface area contributed by atoms with E-state index < -0.39 is 0 Å². The Morgan fingerprint density at radius 1 is 1.14 bits per heavy atom. The summed E-state index contributed by atoms with van der Waals surface area (Å²) in [6.07, 6.45) is 2.43. The van der Waals surface area contributed by atoms with Crippen LogP contribution in [0, 0.1) is 12.7 Å². The fourth-order valence-electron chi connectivity index (χ4n) is 2.30. The molecule has 2 aromatic carbocycles. The summed E-state index contributed by atoms with van der Waals surface area (Å²) in [7, 11) is 0. The van der Waals surface area contributed by atoms with Crippen LogP contribution in [0.1, 0.15) is 29.5 Å². The second-order valence-electron chi connectivity index (χ2n) is 5.62. The van der Waals surface area contributed by atoms with Crippen LogP contribution in [0.4, 0.5) is 4.39 Å². The van der Waals surface area contributed by atoms with Crippen LogP contribution in [0.5, 0.6) is 5.75 Å². The topological polar surface area (TPSA) is 21.3 Å². The van der Waals surface area contributed by atoms with E-state index in [9.17, 15) is 4.39 Å². The highest BCUT2D eigenvalue weighted by Crippen LogP contribution is 2.24. The monoisotopic (exact) mass is 285 g/mol. The Hall–Kier alpha value is -1.87. The van der Waals surface area contributed by atoms with Gasteiger partial charge in [0, 0.05) is 18.2 Å². The number of nitrogens with one attached hydrogen (secondary N) is 1. The molecule has 2 aromatic rings. The van der Waals surface area contributed by atoms with Gasteiger partial charge in [-0.3, -0.25) is 0 Å². The van der Waals surface area contributed by atoms with E-state index in [2.05, 4.69) is 24.4 Å². The van der Waals surface area contributed by atoms with Crippen molar-refractivity contribution < 1.29 is 9.13 Å². The lowest BCUT2D eigenvalue weighted by molar-refractivity contribution is 0.300. The summed E-state index contributed by atoms with van der Waals surface area (Å²) < 4.78 is 19.3. The van der Waals surface area contributed by atoms with E-state index in [0.29, 0.717) is 19.2 Å². The number of halogens is 1. The van der Waals surface area contributed by atoms with Gasteiger partial charge in [0.25, 0.3) is 0 Å². The minimum Gasteiger partial charge on any atom is -0.489 e. The average Bonchev–Trinajstić information content (AvgIpc) is 3.30. The summed E-state index contributed by atoms with van der Waals surface area (Å²) in [6, 6.07) is 13.5. The molecule has 0 unspecified atom stereocenters. The second-order valence-corrected chi connectivity index (χ2v) is 5.62. The van der Waals surface area contributed by atoms with Crippen molar-refractivity contribution in [2.45, 2.75) is 39.0 Å². The lowest BCUT2D eigenvalue weighted by Gasteiger charge is -2.13. The third-order valence-electron chi connectivity index (χ3n) is 3.83. The first-order chi connectivity index (χ1) is 10.2. The van der Waals surface area contributed by atoms with Crippen molar-refractivity contribution in [3.05, 3.63) is 65.0 Å². The Labute approximate surface area is 125 Å². The maximum absolute atomic E-state index is 13.4. The molecule has 0 bridgehead atoms. The van der Waals surface area contributed by atoms with Crippen LogP contribution in [0.2, 0.25) is 0 Å². The maximum atomic E-state index is 13.4. The van der Waals surface area contributed by atoms with Crippen molar-refractivity contribution in [1.29, 1.82) is 0 Å². The van der Waals surface area contributed by atoms with Gasteiger partial charge in [0.1, 0.15) is 18.2 Å². The highest BCUT2D eigenvalue weighted by atomic mass is 19.1. The number of ether oxygens (including phenoxy) is 1. The predicted octanol–water partition coefficient (Wildman–Crippen LogP) is 3.97. The Morgan fingerprint density at radius 2 is 1.95 bits per heavy atom. The normalized spacial score (nSPS) is 14.2. The molecule has 0 heterocycles. The van der Waals surface area contributed by atoms with Gasteiger partial charge in [0.2, 0.25) is 0 Å². The minimum atomic E-state index is -0.217. The van der Waals surface area contributed by atoms with E-state index in [1.807, 2.05) is 12.1 Å². The molecule has 0 spiro atoms. The molecular formula is C18H20FNO. The smallest absolute Gasteiger partial charge is 0.124 e. The summed E-state index contributed by atoms with van der Waals surface area (Å²) in [4.78, 5) is 0. The van der Waals surface area contributed by atoms with Crippen molar-refractivity contribution in [2.24, 2.45) is 0 Å². The van der Waals surface area contributed by atoms with E-state index >= 15 is 0 Å². The first-order valence-electron chi connectivity index (χ1n) is 7.41. The zero-order valence-corrected chi connectivity index (χ0v) is 12.2. The molecule has 0 atom stereocenters. The Bertz CT molecular complexity index is 622. The zero-order valence-electron chi connectivity index (χ0n) is 12.2. The van der Waals surface area contributed by atoms with Crippen LogP contribution >= 0.6 is 0 Å². The molecule has 110 valence electrons. The molecule has 1 N–H and O–H groups in total. The van der Waals surface area contributed by atoms with Gasteiger partial charge in [-0.25, -0.2) is 4.39 Å². The molecule has 1 aliphatic rings. The van der Waals surface area contributed by atoms with Crippen LogP contribution in [0.25, 0.3) is 0 Å². The van der Waals surface area contributed by atoms with Crippen LogP contribution in [0.3, 0.4) is 0 Å². The fourth-order valence-corrected chi connectivity index (χ4v) is 2.30. The molecule has 0 aromatic heterocycles. The number of rotatable bonds is 6. The molecule has 1 fully saturated rings. The van der Waals surface area contributed by atoms with Crippen LogP contribution < -0.4 is 10.1 Å². The molecule has 3 rings (SSSR count). The molecule has 0 amide bonds. The molecular weight excluding hydrogens is 265 g/mol. The Balaban J connectivity index is 1.70. The number of hydrogen-bond acceptors (Lipinski definition) is 2. The van der Waals surface area contributed by atoms with Crippen LogP contribution in [0.15, 0.2) is 42.5 Å². The van der Waals surface area contributed by atoms with Crippen molar-refractivity contribution in [3.63, 3.8) is 0 Å². The SMILES string of the molecule is Cc1ccccc1COc1ccc(F)cc1CNC1CC1. The van der Waals surface area contributed by atoms with E-state index in [1.165, 1.54) is 24.5 Å². The zero-order chi connectivity index (χ0) is 14.7. The standard InChI is InChI=1S/C18H20FNO/c1-13-4-2-3-5-14(13)12-21-18-9-6-16(19)10-15(18)11-20-17-7-8-17/h2-6,9-10,17,20H,7-8,11-12H2,1H3. The Kier molecular flexibility index (Phi) is 4.20. The fraction of sp³-hybridized carbons (Fsp3) is 0.333. The summed E-state index contributed by atoms with van der Waals surface area (Å²) in [6.45, 7) is 3.24. The van der Waals surface area contributed by atoms with Gasteiger partial charge in [-0.2, -0.15) is 0 Å². The number of aryl methyl sites for hydroxylation is 1. The van der Waals surface area contributed by atoms with E-state index in [0.717, 1.165) is 16.9 Å². The van der Waals surface area contributed by atoms with Gasteiger partial charge in [0.05, 0.1) is 0 Å². The molecule has 0 saturated heterocycles. The average molecular weight is 285 g/mol. The summed E-state index contributed by atoms with van der Waals surface area (Å²) in [5, 5.41) is 3.40. The lowest BCUT2D eigenvalue weighted by Crippen LogP contribution is -2.16. The minimum absolute atomic E-state index is 0.217. The highest BCUT2D eigenvalue weighted by Gasteiger charge is 2.20. The second kappa shape index (κ2) is 6.27. The largest absolute Gasteiger partial charge is 0.489 e. The van der Waals surface area contributed by atoms with Gasteiger partial charge in [0.15, 0.2) is 0 Å². The highest BCUT2D eigenvalue weighted by molar-refractivity contribution is 5.35. The molecule has 2 nitrogen and oxygen atoms in total. The van der Waals surface area contributed by atoms with Crippen molar-refractivity contribution in [1.82, 2.24) is 5.32 Å². The summed E-state index contributed by atoms with van der Waals surface area (Å²) in [5.74, 6) is 0.540. The van der Waals surface area contributed by atoms with Gasteiger partial charge >= 0.3 is 0 Å². The van der Waals surface area contributed by atoms with Gasteiger partial charge in [-0.05, 0) is 49.1 Å². The molecule has 1 saturated carbocycles. The lowest BCUT2D eigenvalue weighted by atomic mass is 10.1. The van der Waals surface area contributed by atoms with E-state index in [1.54, 1.807) is 12.1 Å². The van der Waals surface area contributed by atoms with Crippen LogP contribution in [-0.2, 0) is 13.2 Å². The van der Waals surface area contributed by atoms with Crippen molar-refractivity contribution in [2.75, 3.05) is 0 Å². The maximum Gasteiger partial charge on any atom is 0.124 e. The van der Waals surface area contributed by atoms with Crippen molar-refractivity contribution in [3.8, 4) is 5.75 Å². The third kappa shape index (κ3) is 3.82. The first kappa shape index (κ1) is 14.1.